The molecule has 0 saturated heterocycles. The lowest BCUT2D eigenvalue weighted by Crippen LogP contribution is -2.57. The first kappa shape index (κ1) is 17.1. The van der Waals surface area contributed by atoms with E-state index in [1.54, 1.807) is 12.1 Å². The highest BCUT2D eigenvalue weighted by molar-refractivity contribution is 5.90. The summed E-state index contributed by atoms with van der Waals surface area (Å²) in [5.74, 6) is 1.45. The molecule has 4 bridgehead atoms. The molecule has 5 nitrogen and oxygen atoms in total. The Balaban J connectivity index is 1.51. The van der Waals surface area contributed by atoms with Crippen molar-refractivity contribution in [3.63, 3.8) is 0 Å². The third-order valence-corrected chi connectivity index (χ3v) is 6.73. The topological polar surface area (TPSA) is 96.0 Å². The van der Waals surface area contributed by atoms with Crippen molar-refractivity contribution in [2.75, 3.05) is 0 Å². The Labute approximate surface area is 153 Å². The second kappa shape index (κ2) is 6.42. The average molecular weight is 351 g/mol. The number of amides is 2. The van der Waals surface area contributed by atoms with Crippen molar-refractivity contribution in [3.05, 3.63) is 35.4 Å². The molecule has 0 unspecified atom stereocenters. The molecule has 26 heavy (non-hydrogen) atoms. The number of hydrogen-bond donors (Lipinski definition) is 2. The van der Waals surface area contributed by atoms with Crippen LogP contribution in [0.5, 0.6) is 0 Å². The molecule has 4 aliphatic rings. The van der Waals surface area contributed by atoms with Crippen molar-refractivity contribution in [2.24, 2.45) is 28.9 Å². The third kappa shape index (κ3) is 2.98. The minimum Gasteiger partial charge on any atom is -0.368 e. The van der Waals surface area contributed by atoms with E-state index in [1.807, 2.05) is 12.1 Å². The van der Waals surface area contributed by atoms with Crippen molar-refractivity contribution in [1.29, 1.82) is 5.26 Å². The van der Waals surface area contributed by atoms with Gasteiger partial charge in [0.15, 0.2) is 0 Å². The molecule has 2 amide bonds. The number of rotatable bonds is 5. The molecule has 5 heteroatoms. The largest absolute Gasteiger partial charge is 0.368 e. The Morgan fingerprint density at radius 3 is 2.27 bits per heavy atom. The van der Waals surface area contributed by atoms with Crippen LogP contribution in [-0.4, -0.2) is 17.9 Å². The van der Waals surface area contributed by atoms with Gasteiger partial charge in [-0.1, -0.05) is 18.2 Å². The predicted octanol–water partition coefficient (Wildman–Crippen LogP) is 2.29. The van der Waals surface area contributed by atoms with Crippen LogP contribution in [-0.2, 0) is 16.0 Å². The van der Waals surface area contributed by atoms with Crippen molar-refractivity contribution in [1.82, 2.24) is 5.32 Å². The molecule has 3 N–H and O–H groups in total. The van der Waals surface area contributed by atoms with Crippen LogP contribution < -0.4 is 11.1 Å². The second-order valence-electron chi connectivity index (χ2n) is 8.60. The van der Waals surface area contributed by atoms with Gasteiger partial charge in [0.25, 0.3) is 0 Å². The lowest BCUT2D eigenvalue weighted by atomic mass is 9.49. The van der Waals surface area contributed by atoms with Gasteiger partial charge in [-0.05, 0) is 67.9 Å². The Kier molecular flexibility index (Phi) is 4.22. The van der Waals surface area contributed by atoms with Crippen LogP contribution in [0.3, 0.4) is 0 Å². The Morgan fingerprint density at radius 1 is 1.15 bits per heavy atom. The number of benzene rings is 1. The highest BCUT2D eigenvalue weighted by Gasteiger charge is 2.54. The molecule has 0 radical (unpaired) electrons. The molecule has 4 aliphatic carbocycles. The van der Waals surface area contributed by atoms with Crippen LogP contribution in [0.15, 0.2) is 24.3 Å². The number of carbonyl (C=O) groups excluding carboxylic acids is 2. The monoisotopic (exact) mass is 351 g/mol. The normalized spacial score (nSPS) is 32.7. The molecule has 0 aromatic heterocycles. The number of nitriles is 1. The van der Waals surface area contributed by atoms with E-state index in [0.717, 1.165) is 24.8 Å². The fourth-order valence-electron chi connectivity index (χ4n) is 5.95. The summed E-state index contributed by atoms with van der Waals surface area (Å²) in [5, 5.41) is 12.2. The van der Waals surface area contributed by atoms with Crippen LogP contribution in [0.1, 0.15) is 49.7 Å². The maximum Gasteiger partial charge on any atom is 0.240 e. The molecule has 5 rings (SSSR count). The van der Waals surface area contributed by atoms with E-state index in [2.05, 4.69) is 11.4 Å². The van der Waals surface area contributed by atoms with E-state index >= 15 is 0 Å². The molecule has 4 fully saturated rings. The number of primary amides is 1. The first-order valence-corrected chi connectivity index (χ1v) is 9.57. The lowest BCUT2D eigenvalue weighted by Gasteiger charge is -2.55. The van der Waals surface area contributed by atoms with Crippen LogP contribution in [0, 0.1) is 34.5 Å². The molecule has 0 aliphatic heterocycles. The standard InChI is InChI=1S/C21H25N3O2/c22-12-17-4-2-1-3-16(17)8-18(19(23)25)24-20(26)21-9-13-5-14(10-21)7-15(6-13)11-21/h1-4,13-15,18H,5-11H2,(H2,23,25)(H,24,26)/t13?,14?,15?,18-,21?/m0/s1. The molecule has 136 valence electrons. The molecule has 1 atom stereocenters. The van der Waals surface area contributed by atoms with Crippen LogP contribution in [0.4, 0.5) is 0 Å². The smallest absolute Gasteiger partial charge is 0.240 e. The summed E-state index contributed by atoms with van der Waals surface area (Å²) in [5.41, 5.74) is 6.53. The number of nitrogens with one attached hydrogen (secondary N) is 1. The summed E-state index contributed by atoms with van der Waals surface area (Å²) in [6.07, 6.45) is 6.91. The van der Waals surface area contributed by atoms with Gasteiger partial charge in [0.2, 0.25) is 11.8 Å². The number of nitrogens with two attached hydrogens (primary N) is 1. The molecular weight excluding hydrogens is 326 g/mol. The van der Waals surface area contributed by atoms with Crippen LogP contribution in [0.25, 0.3) is 0 Å². The minimum absolute atomic E-state index is 0.00478. The van der Waals surface area contributed by atoms with E-state index in [4.69, 9.17) is 5.73 Å². The summed E-state index contributed by atoms with van der Waals surface area (Å²) >= 11 is 0. The van der Waals surface area contributed by atoms with Gasteiger partial charge in [-0.3, -0.25) is 9.59 Å². The lowest BCUT2D eigenvalue weighted by molar-refractivity contribution is -0.148. The van der Waals surface area contributed by atoms with Crippen LogP contribution in [0.2, 0.25) is 0 Å². The fourth-order valence-corrected chi connectivity index (χ4v) is 5.95. The highest BCUT2D eigenvalue weighted by atomic mass is 16.2. The number of hydrogen-bond acceptors (Lipinski definition) is 3. The molecule has 4 saturated carbocycles. The van der Waals surface area contributed by atoms with E-state index in [0.29, 0.717) is 23.3 Å². The first-order valence-electron chi connectivity index (χ1n) is 9.57. The fraction of sp³-hybridized carbons (Fsp3) is 0.571. The summed E-state index contributed by atoms with van der Waals surface area (Å²) < 4.78 is 0. The van der Waals surface area contributed by atoms with Gasteiger partial charge >= 0.3 is 0 Å². The van der Waals surface area contributed by atoms with E-state index < -0.39 is 11.9 Å². The molecule has 0 spiro atoms. The van der Waals surface area contributed by atoms with Gasteiger partial charge in [-0.25, -0.2) is 0 Å². The van der Waals surface area contributed by atoms with E-state index in [-0.39, 0.29) is 17.7 Å². The van der Waals surface area contributed by atoms with Gasteiger partial charge in [-0.15, -0.1) is 0 Å². The summed E-state index contributed by atoms with van der Waals surface area (Å²) in [6.45, 7) is 0. The maximum atomic E-state index is 13.2. The van der Waals surface area contributed by atoms with Gasteiger partial charge in [0.05, 0.1) is 11.6 Å². The highest BCUT2D eigenvalue weighted by Crippen LogP contribution is 2.60. The quantitative estimate of drug-likeness (QED) is 0.852. The SMILES string of the molecule is N#Cc1ccccc1C[C@H](NC(=O)C12CC3CC(CC(C3)C1)C2)C(N)=O. The molecule has 1 aromatic rings. The Hall–Kier alpha value is -2.35. The zero-order valence-corrected chi connectivity index (χ0v) is 14.9. The van der Waals surface area contributed by atoms with Crippen molar-refractivity contribution < 1.29 is 9.59 Å². The summed E-state index contributed by atoms with van der Waals surface area (Å²) in [7, 11) is 0. The van der Waals surface area contributed by atoms with Gasteiger partial charge in [0.1, 0.15) is 6.04 Å². The molecular formula is C21H25N3O2. The predicted molar refractivity (Wildman–Crippen MR) is 96.6 cm³/mol. The van der Waals surface area contributed by atoms with E-state index in [9.17, 15) is 14.9 Å². The minimum atomic E-state index is -0.773. The number of carbonyl (C=O) groups is 2. The van der Waals surface area contributed by atoms with Crippen molar-refractivity contribution in [2.45, 2.75) is 51.0 Å². The average Bonchev–Trinajstić information content (AvgIpc) is 2.60. The maximum absolute atomic E-state index is 13.2. The van der Waals surface area contributed by atoms with Gasteiger partial charge in [0, 0.05) is 11.8 Å². The van der Waals surface area contributed by atoms with E-state index in [1.165, 1.54) is 19.3 Å². The van der Waals surface area contributed by atoms with Crippen molar-refractivity contribution >= 4 is 11.8 Å². The zero-order valence-electron chi connectivity index (χ0n) is 14.9. The van der Waals surface area contributed by atoms with Gasteiger partial charge in [-0.2, -0.15) is 5.26 Å². The zero-order chi connectivity index (χ0) is 18.3. The number of nitrogens with zero attached hydrogens (tertiary/aromatic N) is 1. The summed E-state index contributed by atoms with van der Waals surface area (Å²) in [4.78, 5) is 25.2. The molecule has 1 aromatic carbocycles. The summed E-state index contributed by atoms with van der Waals surface area (Å²) in [6, 6.07) is 8.51. The van der Waals surface area contributed by atoms with Crippen molar-refractivity contribution in [3.8, 4) is 6.07 Å². The molecule has 0 heterocycles. The second-order valence-corrected chi connectivity index (χ2v) is 8.60. The van der Waals surface area contributed by atoms with Gasteiger partial charge < -0.3 is 11.1 Å². The van der Waals surface area contributed by atoms with Crippen LogP contribution >= 0.6 is 0 Å². The Bertz CT molecular complexity index is 744. The first-order chi connectivity index (χ1) is 12.5. The Morgan fingerprint density at radius 2 is 1.73 bits per heavy atom. The third-order valence-electron chi connectivity index (χ3n) is 6.73.